The van der Waals surface area contributed by atoms with Crippen LogP contribution in [-0.4, -0.2) is 52.8 Å². The second-order valence-electron chi connectivity index (χ2n) is 7.77. The number of carbonyl (C=O) groups is 2. The molecular weight excluding hydrogens is 380 g/mol. The van der Waals surface area contributed by atoms with Gasteiger partial charge in [-0.15, -0.1) is 0 Å². The van der Waals surface area contributed by atoms with Crippen molar-refractivity contribution in [2.24, 2.45) is 0 Å². The Balaban J connectivity index is 2.09. The number of nitrogens with zero attached hydrogens (tertiary/aromatic N) is 2. The highest BCUT2D eigenvalue weighted by molar-refractivity contribution is 6.46. The van der Waals surface area contributed by atoms with Crippen LogP contribution in [0.3, 0.4) is 0 Å². The summed E-state index contributed by atoms with van der Waals surface area (Å²) in [5, 5.41) is 11.1. The van der Waals surface area contributed by atoms with Gasteiger partial charge in [0.15, 0.2) is 0 Å². The van der Waals surface area contributed by atoms with Crippen molar-refractivity contribution in [1.29, 1.82) is 0 Å². The molecule has 1 unspecified atom stereocenters. The first-order valence-corrected chi connectivity index (χ1v) is 10.4. The summed E-state index contributed by atoms with van der Waals surface area (Å²) in [6, 6.07) is 8.33. The van der Waals surface area contributed by atoms with Crippen LogP contribution in [0.5, 0.6) is 0 Å². The number of rotatable bonds is 7. The summed E-state index contributed by atoms with van der Waals surface area (Å²) < 4.78 is 5.81. The van der Waals surface area contributed by atoms with E-state index in [9.17, 15) is 14.7 Å². The average molecular weight is 411 g/mol. The zero-order chi connectivity index (χ0) is 22.0. The minimum absolute atomic E-state index is 0.0807. The van der Waals surface area contributed by atoms with Crippen LogP contribution in [-0.2, 0) is 9.59 Å². The number of aryl methyl sites for hydroxylation is 3. The Hall–Kier alpha value is -2.86. The van der Waals surface area contributed by atoms with Gasteiger partial charge >= 0.3 is 0 Å². The zero-order valence-electron chi connectivity index (χ0n) is 18.4. The van der Waals surface area contributed by atoms with E-state index in [1.807, 2.05) is 32.9 Å². The van der Waals surface area contributed by atoms with Crippen LogP contribution in [0.2, 0.25) is 0 Å². The molecule has 2 heterocycles. The van der Waals surface area contributed by atoms with Crippen molar-refractivity contribution in [3.8, 4) is 0 Å². The number of aliphatic hydroxyl groups is 1. The van der Waals surface area contributed by atoms with Gasteiger partial charge in [-0.05, 0) is 63.2 Å². The molecule has 1 aliphatic rings. The molecule has 1 amide bonds. The first kappa shape index (κ1) is 21.8. The molecule has 0 spiro atoms. The number of furan rings is 1. The summed E-state index contributed by atoms with van der Waals surface area (Å²) in [5.74, 6) is -0.279. The molecular formula is C24H30N2O4. The van der Waals surface area contributed by atoms with E-state index in [4.69, 9.17) is 4.42 Å². The van der Waals surface area contributed by atoms with Crippen molar-refractivity contribution >= 4 is 17.4 Å². The van der Waals surface area contributed by atoms with Gasteiger partial charge < -0.3 is 19.3 Å². The SMILES string of the molecule is CCN(CC)CCN1C(=O)C(=O)/C(=C(\O)c2ccc(C)c(C)c2)C1c1ccc(C)o1. The molecule has 1 aliphatic heterocycles. The Morgan fingerprint density at radius 1 is 1.07 bits per heavy atom. The van der Waals surface area contributed by atoms with Gasteiger partial charge in [0.1, 0.15) is 23.3 Å². The maximum absolute atomic E-state index is 13.0. The van der Waals surface area contributed by atoms with Crippen molar-refractivity contribution in [3.05, 3.63) is 64.1 Å². The second-order valence-corrected chi connectivity index (χ2v) is 7.77. The molecule has 6 heteroatoms. The monoisotopic (exact) mass is 410 g/mol. The number of hydrogen-bond donors (Lipinski definition) is 1. The van der Waals surface area contributed by atoms with Gasteiger partial charge in [-0.25, -0.2) is 0 Å². The lowest BCUT2D eigenvalue weighted by molar-refractivity contribution is -0.140. The van der Waals surface area contributed by atoms with Crippen LogP contribution in [0.25, 0.3) is 5.76 Å². The molecule has 0 saturated carbocycles. The average Bonchev–Trinajstić information content (AvgIpc) is 3.26. The quantitative estimate of drug-likeness (QED) is 0.425. The van der Waals surface area contributed by atoms with Gasteiger partial charge in [0.05, 0.1) is 5.57 Å². The third-order valence-electron chi connectivity index (χ3n) is 5.90. The number of likely N-dealkylation sites (tertiary alicyclic amines) is 1. The molecule has 1 saturated heterocycles. The number of likely N-dealkylation sites (N-methyl/N-ethyl adjacent to an activating group) is 1. The van der Waals surface area contributed by atoms with E-state index in [0.717, 1.165) is 24.2 Å². The zero-order valence-corrected chi connectivity index (χ0v) is 18.4. The van der Waals surface area contributed by atoms with Gasteiger partial charge in [0.25, 0.3) is 11.7 Å². The summed E-state index contributed by atoms with van der Waals surface area (Å²) in [6.07, 6.45) is 0. The van der Waals surface area contributed by atoms with E-state index in [1.165, 1.54) is 4.90 Å². The van der Waals surface area contributed by atoms with E-state index < -0.39 is 17.7 Å². The van der Waals surface area contributed by atoms with Crippen molar-refractivity contribution in [2.45, 2.75) is 40.7 Å². The predicted octanol–water partition coefficient (Wildman–Crippen LogP) is 3.97. The van der Waals surface area contributed by atoms with Gasteiger partial charge in [0, 0.05) is 18.7 Å². The third kappa shape index (κ3) is 4.05. The number of carbonyl (C=O) groups excluding carboxylic acids is 2. The maximum atomic E-state index is 13.0. The van der Waals surface area contributed by atoms with Crippen LogP contribution in [0.4, 0.5) is 0 Å². The van der Waals surface area contributed by atoms with E-state index in [0.29, 0.717) is 30.2 Å². The van der Waals surface area contributed by atoms with Crippen molar-refractivity contribution < 1.29 is 19.1 Å². The number of aliphatic hydroxyl groups excluding tert-OH is 1. The molecule has 1 fully saturated rings. The van der Waals surface area contributed by atoms with Gasteiger partial charge in [-0.2, -0.15) is 0 Å². The Kier molecular flexibility index (Phi) is 6.46. The molecule has 3 rings (SSSR count). The number of hydrogen-bond acceptors (Lipinski definition) is 5. The molecule has 0 radical (unpaired) electrons. The summed E-state index contributed by atoms with van der Waals surface area (Å²) in [4.78, 5) is 29.6. The normalized spacial score (nSPS) is 18.6. The molecule has 0 aliphatic carbocycles. The van der Waals surface area contributed by atoms with Crippen molar-refractivity contribution in [3.63, 3.8) is 0 Å². The molecule has 0 bridgehead atoms. The Morgan fingerprint density at radius 3 is 2.33 bits per heavy atom. The maximum Gasteiger partial charge on any atom is 0.295 e. The minimum Gasteiger partial charge on any atom is -0.507 e. The highest BCUT2D eigenvalue weighted by Crippen LogP contribution is 2.40. The topological polar surface area (TPSA) is 74.0 Å². The number of ketones is 1. The van der Waals surface area contributed by atoms with Gasteiger partial charge in [0.2, 0.25) is 0 Å². The fourth-order valence-corrected chi connectivity index (χ4v) is 3.84. The van der Waals surface area contributed by atoms with Crippen LogP contribution in [0.1, 0.15) is 48.1 Å². The van der Waals surface area contributed by atoms with Crippen LogP contribution < -0.4 is 0 Å². The third-order valence-corrected chi connectivity index (χ3v) is 5.90. The molecule has 1 aromatic heterocycles. The lowest BCUT2D eigenvalue weighted by Gasteiger charge is -2.26. The highest BCUT2D eigenvalue weighted by atomic mass is 16.3. The Morgan fingerprint density at radius 2 is 1.77 bits per heavy atom. The first-order valence-electron chi connectivity index (χ1n) is 10.4. The van der Waals surface area contributed by atoms with Gasteiger partial charge in [-0.3, -0.25) is 9.59 Å². The number of benzene rings is 1. The lowest BCUT2D eigenvalue weighted by Crippen LogP contribution is -2.37. The largest absolute Gasteiger partial charge is 0.507 e. The smallest absolute Gasteiger partial charge is 0.295 e. The summed E-state index contributed by atoms with van der Waals surface area (Å²) in [7, 11) is 0. The van der Waals surface area contributed by atoms with E-state index in [2.05, 4.69) is 18.7 Å². The fourth-order valence-electron chi connectivity index (χ4n) is 3.84. The summed E-state index contributed by atoms with van der Waals surface area (Å²) in [5.41, 5.74) is 2.69. The summed E-state index contributed by atoms with van der Waals surface area (Å²) >= 11 is 0. The van der Waals surface area contributed by atoms with E-state index >= 15 is 0 Å². The molecule has 30 heavy (non-hydrogen) atoms. The lowest BCUT2D eigenvalue weighted by atomic mass is 9.97. The van der Waals surface area contributed by atoms with Crippen molar-refractivity contribution in [2.75, 3.05) is 26.2 Å². The molecule has 6 nitrogen and oxygen atoms in total. The minimum atomic E-state index is -0.740. The second kappa shape index (κ2) is 8.88. The molecule has 160 valence electrons. The van der Waals surface area contributed by atoms with E-state index in [1.54, 1.807) is 18.2 Å². The van der Waals surface area contributed by atoms with Crippen molar-refractivity contribution in [1.82, 2.24) is 9.80 Å². The summed E-state index contributed by atoms with van der Waals surface area (Å²) in [6.45, 7) is 12.6. The molecule has 1 N–H and O–H groups in total. The Labute approximate surface area is 177 Å². The number of amides is 1. The van der Waals surface area contributed by atoms with E-state index in [-0.39, 0.29) is 11.3 Å². The van der Waals surface area contributed by atoms with Gasteiger partial charge in [-0.1, -0.05) is 26.0 Å². The molecule has 1 aromatic carbocycles. The van der Waals surface area contributed by atoms with Crippen LogP contribution >= 0.6 is 0 Å². The predicted molar refractivity (Wildman–Crippen MR) is 116 cm³/mol. The molecule has 1 atom stereocenters. The van der Waals surface area contributed by atoms with Crippen LogP contribution in [0, 0.1) is 20.8 Å². The fraction of sp³-hybridized carbons (Fsp3) is 0.417. The number of Topliss-reactive ketones (excluding diaryl/α,β-unsaturated/α-hetero) is 1. The van der Waals surface area contributed by atoms with Crippen LogP contribution in [0.15, 0.2) is 40.3 Å². The Bertz CT molecular complexity index is 985. The standard InChI is InChI=1S/C24H30N2O4/c1-6-25(7-2)12-13-26-21(19-11-9-17(5)30-19)20(23(28)24(26)29)22(27)18-10-8-15(3)16(4)14-18/h8-11,14,21,27H,6-7,12-13H2,1-5H3/b22-20-. The highest BCUT2D eigenvalue weighted by Gasteiger charge is 2.47. The first-order chi connectivity index (χ1) is 14.3. The molecule has 2 aromatic rings.